The van der Waals surface area contributed by atoms with Crippen LogP contribution in [0.1, 0.15) is 25.6 Å². The highest BCUT2D eigenvalue weighted by Gasteiger charge is 2.14. The van der Waals surface area contributed by atoms with Crippen molar-refractivity contribution in [3.8, 4) is 0 Å². The molecule has 0 bridgehead atoms. The average molecular weight is 233 g/mol. The topological polar surface area (TPSA) is 51.5 Å². The Labute approximate surface area is 99.6 Å². The minimum absolute atomic E-state index is 0.207. The summed E-state index contributed by atoms with van der Waals surface area (Å²) in [6.45, 7) is 3.98. The zero-order chi connectivity index (χ0) is 12.3. The lowest BCUT2D eigenvalue weighted by molar-refractivity contribution is 0.147. The van der Waals surface area contributed by atoms with Crippen LogP contribution >= 0.6 is 0 Å². The van der Waals surface area contributed by atoms with Crippen LogP contribution in [0.3, 0.4) is 0 Å². The van der Waals surface area contributed by atoms with Crippen molar-refractivity contribution < 1.29 is 13.9 Å². The predicted octanol–water partition coefficient (Wildman–Crippen LogP) is 3.24. The quantitative estimate of drug-likeness (QED) is 0.885. The Bertz CT molecular complexity index is 485. The lowest BCUT2D eigenvalue weighted by Crippen LogP contribution is -2.26. The first-order valence-electron chi connectivity index (χ1n) is 5.62. The Balaban J connectivity index is 2.13. The summed E-state index contributed by atoms with van der Waals surface area (Å²) in [6, 6.07) is 9.45. The first-order valence-corrected chi connectivity index (χ1v) is 5.62. The molecule has 0 aliphatic heterocycles. The highest BCUT2D eigenvalue weighted by Crippen LogP contribution is 2.23. The van der Waals surface area contributed by atoms with Crippen molar-refractivity contribution in [1.82, 2.24) is 5.32 Å². The average Bonchev–Trinajstić information content (AvgIpc) is 2.72. The van der Waals surface area contributed by atoms with Crippen LogP contribution in [-0.4, -0.2) is 12.7 Å². The van der Waals surface area contributed by atoms with Gasteiger partial charge in [-0.2, -0.15) is 0 Å². The number of carbonyl (C=O) groups is 1. The molecule has 0 radical (unpaired) electrons. The summed E-state index contributed by atoms with van der Waals surface area (Å²) in [7, 11) is 0. The molecule has 0 fully saturated rings. The van der Waals surface area contributed by atoms with Gasteiger partial charge in [0.15, 0.2) is 0 Å². The summed E-state index contributed by atoms with van der Waals surface area (Å²) in [5.41, 5.74) is 0.819. The molecule has 2 rings (SSSR count). The molecule has 1 heterocycles. The molecule has 90 valence electrons. The molecule has 1 aromatic heterocycles. The smallest absolute Gasteiger partial charge is 0.407 e. The number of alkyl carbamates (subject to hydrolysis) is 1. The van der Waals surface area contributed by atoms with Crippen molar-refractivity contribution in [2.45, 2.75) is 19.9 Å². The van der Waals surface area contributed by atoms with E-state index in [9.17, 15) is 4.79 Å². The zero-order valence-electron chi connectivity index (χ0n) is 9.90. The van der Waals surface area contributed by atoms with E-state index in [4.69, 9.17) is 9.15 Å². The monoisotopic (exact) mass is 233 g/mol. The van der Waals surface area contributed by atoms with Crippen LogP contribution in [0.4, 0.5) is 4.79 Å². The summed E-state index contributed by atoms with van der Waals surface area (Å²) in [5.74, 6) is 0.722. The number of furan rings is 1. The third-order valence-electron chi connectivity index (χ3n) is 2.48. The molecule has 0 spiro atoms. The number of nitrogens with one attached hydrogen (secondary N) is 1. The number of fused-ring (bicyclic) bond motifs is 1. The van der Waals surface area contributed by atoms with Gasteiger partial charge in [0.2, 0.25) is 0 Å². The van der Waals surface area contributed by atoms with Gasteiger partial charge in [-0.1, -0.05) is 18.2 Å². The summed E-state index contributed by atoms with van der Waals surface area (Å²) in [6.07, 6.45) is -0.430. The van der Waals surface area contributed by atoms with Crippen molar-refractivity contribution in [1.29, 1.82) is 0 Å². The minimum Gasteiger partial charge on any atom is -0.459 e. The molecule has 1 atom stereocenters. The highest BCUT2D eigenvalue weighted by molar-refractivity contribution is 5.78. The molecule has 1 unspecified atom stereocenters. The fourth-order valence-electron chi connectivity index (χ4n) is 1.64. The third-order valence-corrected chi connectivity index (χ3v) is 2.48. The second-order valence-electron chi connectivity index (χ2n) is 3.77. The van der Waals surface area contributed by atoms with Gasteiger partial charge < -0.3 is 14.5 Å². The molecule has 0 aliphatic rings. The van der Waals surface area contributed by atoms with Crippen molar-refractivity contribution >= 4 is 17.1 Å². The van der Waals surface area contributed by atoms with Crippen molar-refractivity contribution in [2.24, 2.45) is 0 Å². The normalized spacial score (nSPS) is 12.4. The molecule has 4 heteroatoms. The van der Waals surface area contributed by atoms with Gasteiger partial charge in [0, 0.05) is 5.39 Å². The largest absolute Gasteiger partial charge is 0.459 e. The van der Waals surface area contributed by atoms with E-state index in [0.29, 0.717) is 6.61 Å². The van der Waals surface area contributed by atoms with Gasteiger partial charge in [-0.05, 0) is 26.0 Å². The van der Waals surface area contributed by atoms with E-state index in [1.807, 2.05) is 37.3 Å². The number of para-hydroxylation sites is 1. The number of ether oxygens (including phenoxy) is 1. The molecule has 0 saturated heterocycles. The fraction of sp³-hybridized carbons (Fsp3) is 0.308. The minimum atomic E-state index is -0.430. The number of hydrogen-bond acceptors (Lipinski definition) is 3. The lowest BCUT2D eigenvalue weighted by atomic mass is 10.2. The SMILES string of the molecule is CCOC(=O)NC(C)c1cc2ccccc2o1. The molecule has 17 heavy (non-hydrogen) atoms. The van der Waals surface area contributed by atoms with Gasteiger partial charge in [0.05, 0.1) is 12.6 Å². The van der Waals surface area contributed by atoms with Crippen LogP contribution in [0.2, 0.25) is 0 Å². The predicted molar refractivity (Wildman–Crippen MR) is 64.8 cm³/mol. The van der Waals surface area contributed by atoms with E-state index in [1.165, 1.54) is 0 Å². The number of rotatable bonds is 3. The van der Waals surface area contributed by atoms with Gasteiger partial charge in [-0.3, -0.25) is 0 Å². The van der Waals surface area contributed by atoms with Crippen LogP contribution in [-0.2, 0) is 4.74 Å². The Hall–Kier alpha value is -1.97. The molecular weight excluding hydrogens is 218 g/mol. The van der Waals surface area contributed by atoms with Gasteiger partial charge in [-0.25, -0.2) is 4.79 Å². The highest BCUT2D eigenvalue weighted by atomic mass is 16.5. The van der Waals surface area contributed by atoms with E-state index in [1.54, 1.807) is 6.92 Å². The van der Waals surface area contributed by atoms with Gasteiger partial charge in [0.25, 0.3) is 0 Å². The van der Waals surface area contributed by atoms with E-state index in [-0.39, 0.29) is 6.04 Å². The molecular formula is C13H15NO3. The van der Waals surface area contributed by atoms with Crippen LogP contribution in [0, 0.1) is 0 Å². The van der Waals surface area contributed by atoms with E-state index in [2.05, 4.69) is 5.32 Å². The van der Waals surface area contributed by atoms with Crippen molar-refractivity contribution in [3.05, 3.63) is 36.1 Å². The van der Waals surface area contributed by atoms with Crippen LogP contribution in [0.5, 0.6) is 0 Å². The first kappa shape index (κ1) is 11.5. The zero-order valence-corrected chi connectivity index (χ0v) is 9.90. The Morgan fingerprint density at radius 1 is 1.47 bits per heavy atom. The van der Waals surface area contributed by atoms with Crippen LogP contribution < -0.4 is 5.32 Å². The number of hydrogen-bond donors (Lipinski definition) is 1. The second-order valence-corrected chi connectivity index (χ2v) is 3.77. The summed E-state index contributed by atoms with van der Waals surface area (Å²) in [4.78, 5) is 11.3. The summed E-state index contributed by atoms with van der Waals surface area (Å²) < 4.78 is 10.5. The van der Waals surface area contributed by atoms with Gasteiger partial charge >= 0.3 is 6.09 Å². The van der Waals surface area contributed by atoms with Crippen LogP contribution in [0.25, 0.3) is 11.0 Å². The number of amides is 1. The Kier molecular flexibility index (Phi) is 3.32. The van der Waals surface area contributed by atoms with Crippen molar-refractivity contribution in [2.75, 3.05) is 6.61 Å². The second kappa shape index (κ2) is 4.91. The molecule has 0 aliphatic carbocycles. The third kappa shape index (κ3) is 2.58. The number of carbonyl (C=O) groups excluding carboxylic acids is 1. The van der Waals surface area contributed by atoms with E-state index in [0.717, 1.165) is 16.7 Å². The Morgan fingerprint density at radius 2 is 2.24 bits per heavy atom. The van der Waals surface area contributed by atoms with E-state index >= 15 is 0 Å². The maximum absolute atomic E-state index is 11.3. The van der Waals surface area contributed by atoms with Crippen LogP contribution in [0.15, 0.2) is 34.7 Å². The standard InChI is InChI=1S/C13H15NO3/c1-3-16-13(15)14-9(2)12-8-10-6-4-5-7-11(10)17-12/h4-9H,3H2,1-2H3,(H,14,15). The summed E-state index contributed by atoms with van der Waals surface area (Å²) in [5, 5.41) is 3.73. The maximum atomic E-state index is 11.3. The van der Waals surface area contributed by atoms with Gasteiger partial charge in [-0.15, -0.1) is 0 Å². The summed E-state index contributed by atoms with van der Waals surface area (Å²) >= 11 is 0. The van der Waals surface area contributed by atoms with Gasteiger partial charge in [0.1, 0.15) is 11.3 Å². The lowest BCUT2D eigenvalue weighted by Gasteiger charge is -2.10. The van der Waals surface area contributed by atoms with Crippen molar-refractivity contribution in [3.63, 3.8) is 0 Å². The molecule has 1 aromatic carbocycles. The molecule has 1 N–H and O–H groups in total. The Morgan fingerprint density at radius 3 is 2.94 bits per heavy atom. The molecule has 1 amide bonds. The molecule has 4 nitrogen and oxygen atoms in total. The first-order chi connectivity index (χ1) is 8.20. The van der Waals surface area contributed by atoms with E-state index < -0.39 is 6.09 Å². The fourth-order valence-corrected chi connectivity index (χ4v) is 1.64. The molecule has 2 aromatic rings. The maximum Gasteiger partial charge on any atom is 0.407 e. The number of benzene rings is 1. The molecule has 0 saturated carbocycles.